The molecule has 0 radical (unpaired) electrons. The molecule has 124 valence electrons. The zero-order valence-electron chi connectivity index (χ0n) is 13.5. The molecule has 0 unspecified atom stereocenters. The van der Waals surface area contributed by atoms with Crippen molar-refractivity contribution in [3.05, 3.63) is 17.0 Å². The van der Waals surface area contributed by atoms with E-state index in [9.17, 15) is 4.79 Å². The minimum absolute atomic E-state index is 0.0161. The first-order valence-electron chi connectivity index (χ1n) is 8.16. The summed E-state index contributed by atoms with van der Waals surface area (Å²) >= 11 is 0. The van der Waals surface area contributed by atoms with Gasteiger partial charge in [0, 0.05) is 31.6 Å². The van der Waals surface area contributed by atoms with Crippen LogP contribution in [0.4, 0.5) is 0 Å². The number of nitrogens with zero attached hydrogens (tertiary/aromatic N) is 1. The average molecular weight is 310 g/mol. The predicted molar refractivity (Wildman–Crippen MR) is 81.5 cm³/mol. The first-order valence-corrected chi connectivity index (χ1v) is 8.16. The van der Waals surface area contributed by atoms with Gasteiger partial charge >= 0.3 is 0 Å². The Hall–Kier alpha value is -1.40. The number of aryl methyl sites for hydroxylation is 2. The Morgan fingerprint density at radius 2 is 2.27 bits per heavy atom. The second kappa shape index (κ2) is 8.90. The molecule has 0 saturated carbocycles. The molecule has 1 aromatic rings. The molecule has 1 aromatic heterocycles. The largest absolute Gasteiger partial charge is 0.378 e. The molecule has 0 bridgehead atoms. The van der Waals surface area contributed by atoms with Crippen molar-refractivity contribution in [2.45, 2.75) is 58.6 Å². The van der Waals surface area contributed by atoms with Crippen molar-refractivity contribution in [2.24, 2.45) is 0 Å². The summed E-state index contributed by atoms with van der Waals surface area (Å²) in [6, 6.07) is 0. The Kier molecular flexibility index (Phi) is 6.86. The van der Waals surface area contributed by atoms with Gasteiger partial charge < -0.3 is 19.3 Å². The molecule has 0 aliphatic carbocycles. The summed E-state index contributed by atoms with van der Waals surface area (Å²) in [6.07, 6.45) is 4.31. The van der Waals surface area contributed by atoms with Crippen molar-refractivity contribution >= 4 is 5.91 Å². The quantitative estimate of drug-likeness (QED) is 0.706. The van der Waals surface area contributed by atoms with Crippen molar-refractivity contribution in [2.75, 3.05) is 19.8 Å². The molecule has 1 atom stereocenters. The SMILES string of the molecule is CCc1noc(CC)c1CNC(=O)CCOC[C@H]1CCCO1. The van der Waals surface area contributed by atoms with Crippen LogP contribution in [0.1, 0.15) is 50.1 Å². The number of amides is 1. The van der Waals surface area contributed by atoms with Gasteiger partial charge in [0.2, 0.25) is 5.91 Å². The number of aromatic nitrogens is 1. The molecule has 0 aromatic carbocycles. The van der Waals surface area contributed by atoms with Crippen LogP contribution in [0.5, 0.6) is 0 Å². The van der Waals surface area contributed by atoms with Gasteiger partial charge in [-0.15, -0.1) is 0 Å². The molecule has 0 spiro atoms. The van der Waals surface area contributed by atoms with Gasteiger partial charge in [-0.05, 0) is 19.3 Å². The van der Waals surface area contributed by atoms with Crippen LogP contribution in [0.25, 0.3) is 0 Å². The fraction of sp³-hybridized carbons (Fsp3) is 0.750. The lowest BCUT2D eigenvalue weighted by atomic mass is 10.1. The number of carbonyl (C=O) groups is 1. The van der Waals surface area contributed by atoms with Crippen LogP contribution in [0, 0.1) is 0 Å². The van der Waals surface area contributed by atoms with E-state index in [-0.39, 0.29) is 12.0 Å². The maximum atomic E-state index is 11.9. The molecule has 6 heteroatoms. The zero-order chi connectivity index (χ0) is 15.8. The molecule has 1 N–H and O–H groups in total. The highest BCUT2D eigenvalue weighted by molar-refractivity contribution is 5.76. The average Bonchev–Trinajstić information content (AvgIpc) is 3.18. The van der Waals surface area contributed by atoms with Crippen LogP contribution >= 0.6 is 0 Å². The molecule has 1 amide bonds. The highest BCUT2D eigenvalue weighted by Gasteiger charge is 2.16. The highest BCUT2D eigenvalue weighted by Crippen LogP contribution is 2.15. The van der Waals surface area contributed by atoms with Gasteiger partial charge in [0.1, 0.15) is 5.76 Å². The predicted octanol–water partition coefficient (Wildman–Crippen LogP) is 2.00. The molecule has 2 heterocycles. The third-order valence-electron chi connectivity index (χ3n) is 3.87. The number of hydrogen-bond donors (Lipinski definition) is 1. The zero-order valence-corrected chi connectivity index (χ0v) is 13.5. The van der Waals surface area contributed by atoms with Crippen molar-refractivity contribution in [3.8, 4) is 0 Å². The fourth-order valence-electron chi connectivity index (χ4n) is 2.57. The van der Waals surface area contributed by atoms with Crippen LogP contribution < -0.4 is 5.32 Å². The van der Waals surface area contributed by atoms with E-state index in [1.165, 1.54) is 0 Å². The van der Waals surface area contributed by atoms with Crippen molar-refractivity contribution in [3.63, 3.8) is 0 Å². The normalized spacial score (nSPS) is 17.8. The fourth-order valence-corrected chi connectivity index (χ4v) is 2.57. The van der Waals surface area contributed by atoms with E-state index in [0.29, 0.717) is 26.2 Å². The second-order valence-electron chi connectivity index (χ2n) is 5.47. The van der Waals surface area contributed by atoms with Crippen molar-refractivity contribution in [1.82, 2.24) is 10.5 Å². The number of carbonyl (C=O) groups excluding carboxylic acids is 1. The maximum Gasteiger partial charge on any atom is 0.222 e. The van der Waals surface area contributed by atoms with E-state index < -0.39 is 0 Å². The van der Waals surface area contributed by atoms with E-state index in [4.69, 9.17) is 14.0 Å². The Bertz CT molecular complexity index is 445. The van der Waals surface area contributed by atoms with Gasteiger partial charge in [0.15, 0.2) is 0 Å². The van der Waals surface area contributed by atoms with Gasteiger partial charge in [-0.1, -0.05) is 19.0 Å². The molecular formula is C16H26N2O4. The van der Waals surface area contributed by atoms with E-state index in [0.717, 1.165) is 49.3 Å². The Morgan fingerprint density at radius 1 is 1.41 bits per heavy atom. The highest BCUT2D eigenvalue weighted by atomic mass is 16.5. The van der Waals surface area contributed by atoms with Gasteiger partial charge in [-0.25, -0.2) is 0 Å². The molecule has 1 aliphatic heterocycles. The third-order valence-corrected chi connectivity index (χ3v) is 3.87. The number of ether oxygens (including phenoxy) is 2. The standard InChI is InChI=1S/C16H26N2O4/c1-3-14-13(15(4-2)22-18-14)10-17-16(19)7-9-20-11-12-6-5-8-21-12/h12H,3-11H2,1-2H3,(H,17,19)/t12-/m1/s1. The number of hydrogen-bond acceptors (Lipinski definition) is 5. The molecule has 22 heavy (non-hydrogen) atoms. The molecule has 6 nitrogen and oxygen atoms in total. The molecule has 1 aliphatic rings. The van der Waals surface area contributed by atoms with Crippen LogP contribution in [-0.4, -0.2) is 37.0 Å². The lowest BCUT2D eigenvalue weighted by Gasteiger charge is -2.10. The molecular weight excluding hydrogens is 284 g/mol. The summed E-state index contributed by atoms with van der Waals surface area (Å²) in [5.41, 5.74) is 1.94. The summed E-state index contributed by atoms with van der Waals surface area (Å²) in [4.78, 5) is 11.9. The van der Waals surface area contributed by atoms with Gasteiger partial charge in [0.05, 0.1) is 25.0 Å². The molecule has 1 fully saturated rings. The Morgan fingerprint density at radius 3 is 2.95 bits per heavy atom. The number of rotatable bonds is 9. The van der Waals surface area contributed by atoms with Gasteiger partial charge in [-0.3, -0.25) is 4.79 Å². The summed E-state index contributed by atoms with van der Waals surface area (Å²) in [5, 5.41) is 6.95. The maximum absolute atomic E-state index is 11.9. The van der Waals surface area contributed by atoms with E-state index in [1.807, 2.05) is 13.8 Å². The van der Waals surface area contributed by atoms with E-state index in [1.54, 1.807) is 0 Å². The van der Waals surface area contributed by atoms with Crippen LogP contribution in [0.2, 0.25) is 0 Å². The van der Waals surface area contributed by atoms with Crippen molar-refractivity contribution < 1.29 is 18.8 Å². The van der Waals surface area contributed by atoms with Crippen molar-refractivity contribution in [1.29, 1.82) is 0 Å². The number of nitrogens with one attached hydrogen (secondary N) is 1. The van der Waals surface area contributed by atoms with Crippen LogP contribution in [0.3, 0.4) is 0 Å². The Labute approximate surface area is 131 Å². The lowest BCUT2D eigenvalue weighted by Crippen LogP contribution is -2.25. The summed E-state index contributed by atoms with van der Waals surface area (Å²) in [7, 11) is 0. The summed E-state index contributed by atoms with van der Waals surface area (Å²) < 4.78 is 16.2. The molecule has 2 rings (SSSR count). The van der Waals surface area contributed by atoms with E-state index in [2.05, 4.69) is 10.5 Å². The van der Waals surface area contributed by atoms with E-state index >= 15 is 0 Å². The summed E-state index contributed by atoms with van der Waals surface area (Å²) in [6.45, 7) is 6.36. The van der Waals surface area contributed by atoms with Gasteiger partial charge in [-0.2, -0.15) is 0 Å². The smallest absolute Gasteiger partial charge is 0.222 e. The lowest BCUT2D eigenvalue weighted by molar-refractivity contribution is -0.122. The monoisotopic (exact) mass is 310 g/mol. The van der Waals surface area contributed by atoms with Crippen LogP contribution in [-0.2, 0) is 33.7 Å². The third kappa shape index (κ3) is 4.81. The Balaban J connectivity index is 1.65. The molecule has 1 saturated heterocycles. The van der Waals surface area contributed by atoms with Gasteiger partial charge in [0.25, 0.3) is 0 Å². The topological polar surface area (TPSA) is 73.6 Å². The minimum atomic E-state index is -0.0161. The summed E-state index contributed by atoms with van der Waals surface area (Å²) in [5.74, 6) is 0.837. The first-order chi connectivity index (χ1) is 10.7. The first kappa shape index (κ1) is 17.0. The second-order valence-corrected chi connectivity index (χ2v) is 5.47. The minimum Gasteiger partial charge on any atom is -0.378 e. The van der Waals surface area contributed by atoms with Crippen LogP contribution in [0.15, 0.2) is 4.52 Å².